The Kier molecular flexibility index (Phi) is 3.97. The molecule has 1 amide bonds. The molecule has 0 saturated heterocycles. The van der Waals surface area contributed by atoms with Crippen molar-refractivity contribution in [3.8, 4) is 0 Å². The van der Waals surface area contributed by atoms with Crippen LogP contribution in [0.25, 0.3) is 0 Å². The van der Waals surface area contributed by atoms with Crippen LogP contribution in [0.1, 0.15) is 16.8 Å². The molecular weight excluding hydrogens is 232 g/mol. The minimum atomic E-state index is -3.56. The average molecular weight is 244 g/mol. The van der Waals surface area contributed by atoms with Gasteiger partial charge in [-0.1, -0.05) is 0 Å². The van der Waals surface area contributed by atoms with Gasteiger partial charge in [-0.2, -0.15) is 0 Å². The van der Waals surface area contributed by atoms with E-state index in [9.17, 15) is 13.2 Å². The van der Waals surface area contributed by atoms with Crippen molar-refractivity contribution in [2.45, 2.75) is 11.4 Å². The van der Waals surface area contributed by atoms with Gasteiger partial charge in [-0.05, 0) is 18.6 Å². The first-order valence-electron chi connectivity index (χ1n) is 4.57. The van der Waals surface area contributed by atoms with E-state index in [2.05, 4.69) is 4.98 Å². The topological polar surface area (TPSA) is 110 Å². The Balaban J connectivity index is 3.04. The van der Waals surface area contributed by atoms with Gasteiger partial charge < -0.3 is 10.8 Å². The molecule has 1 rings (SSSR count). The van der Waals surface area contributed by atoms with Gasteiger partial charge in [-0.15, -0.1) is 0 Å². The largest absolute Gasteiger partial charge is 0.396 e. The summed E-state index contributed by atoms with van der Waals surface area (Å²) in [4.78, 5) is 14.5. The van der Waals surface area contributed by atoms with Crippen LogP contribution in [0.15, 0.2) is 23.4 Å². The van der Waals surface area contributed by atoms with Crippen LogP contribution in [0.3, 0.4) is 0 Å². The lowest BCUT2D eigenvalue weighted by Gasteiger charge is -2.03. The number of rotatable bonds is 5. The van der Waals surface area contributed by atoms with E-state index in [0.29, 0.717) is 0 Å². The summed E-state index contributed by atoms with van der Waals surface area (Å²) in [7, 11) is -3.56. The SMILES string of the molecule is NC(=O)c1ccnc(S(=O)(=O)CCCO)c1. The van der Waals surface area contributed by atoms with Crippen LogP contribution in [-0.4, -0.2) is 36.8 Å². The summed E-state index contributed by atoms with van der Waals surface area (Å²) in [5, 5.41) is 8.36. The third-order valence-electron chi connectivity index (χ3n) is 1.91. The lowest BCUT2D eigenvalue weighted by Crippen LogP contribution is -2.14. The number of nitrogens with zero attached hydrogens (tertiary/aromatic N) is 1. The van der Waals surface area contributed by atoms with Crippen molar-refractivity contribution in [3.63, 3.8) is 0 Å². The maximum atomic E-state index is 11.6. The molecule has 0 aliphatic carbocycles. The summed E-state index contributed by atoms with van der Waals surface area (Å²) in [5.41, 5.74) is 5.12. The molecule has 0 atom stereocenters. The second-order valence-electron chi connectivity index (χ2n) is 3.14. The molecule has 0 fully saturated rings. The highest BCUT2D eigenvalue weighted by Crippen LogP contribution is 2.10. The highest BCUT2D eigenvalue weighted by molar-refractivity contribution is 7.91. The van der Waals surface area contributed by atoms with Crippen molar-refractivity contribution in [2.75, 3.05) is 12.4 Å². The normalized spacial score (nSPS) is 11.3. The fourth-order valence-corrected chi connectivity index (χ4v) is 2.34. The van der Waals surface area contributed by atoms with E-state index in [1.807, 2.05) is 0 Å². The number of pyridine rings is 1. The summed E-state index contributed by atoms with van der Waals surface area (Å²) in [6.07, 6.45) is 1.34. The Morgan fingerprint density at radius 3 is 2.75 bits per heavy atom. The molecule has 1 aromatic heterocycles. The molecule has 7 heteroatoms. The molecule has 16 heavy (non-hydrogen) atoms. The van der Waals surface area contributed by atoms with Crippen LogP contribution in [0.4, 0.5) is 0 Å². The van der Waals surface area contributed by atoms with Gasteiger partial charge in [0, 0.05) is 18.4 Å². The maximum Gasteiger partial charge on any atom is 0.248 e. The number of aliphatic hydroxyl groups is 1. The summed E-state index contributed by atoms with van der Waals surface area (Å²) >= 11 is 0. The second-order valence-corrected chi connectivity index (χ2v) is 5.20. The molecular formula is C9H12N2O4S. The number of sulfone groups is 1. The highest BCUT2D eigenvalue weighted by atomic mass is 32.2. The molecule has 0 aliphatic heterocycles. The number of amides is 1. The van der Waals surface area contributed by atoms with E-state index in [0.717, 1.165) is 6.07 Å². The highest BCUT2D eigenvalue weighted by Gasteiger charge is 2.16. The van der Waals surface area contributed by atoms with Gasteiger partial charge in [-0.25, -0.2) is 13.4 Å². The van der Waals surface area contributed by atoms with Gasteiger partial charge in [0.1, 0.15) is 0 Å². The summed E-state index contributed by atoms with van der Waals surface area (Å²) in [6.45, 7) is -0.214. The molecule has 0 unspecified atom stereocenters. The quantitative estimate of drug-likeness (QED) is 0.714. The predicted molar refractivity (Wildman–Crippen MR) is 56.5 cm³/mol. The molecule has 6 nitrogen and oxygen atoms in total. The average Bonchev–Trinajstić information content (AvgIpc) is 2.26. The zero-order chi connectivity index (χ0) is 12.2. The fourth-order valence-electron chi connectivity index (χ4n) is 1.09. The molecule has 88 valence electrons. The summed E-state index contributed by atoms with van der Waals surface area (Å²) < 4.78 is 23.3. The van der Waals surface area contributed by atoms with E-state index in [1.54, 1.807) is 0 Å². The van der Waals surface area contributed by atoms with E-state index in [1.165, 1.54) is 12.3 Å². The lowest BCUT2D eigenvalue weighted by atomic mass is 10.3. The van der Waals surface area contributed by atoms with Crippen molar-refractivity contribution >= 4 is 15.7 Å². The zero-order valence-corrected chi connectivity index (χ0v) is 9.27. The third-order valence-corrected chi connectivity index (χ3v) is 3.60. The van der Waals surface area contributed by atoms with Crippen LogP contribution in [0.2, 0.25) is 0 Å². The first-order chi connectivity index (χ1) is 7.47. The third kappa shape index (κ3) is 3.01. The van der Waals surface area contributed by atoms with Gasteiger partial charge in [-0.3, -0.25) is 4.79 Å². The molecule has 0 bridgehead atoms. The Hall–Kier alpha value is -1.47. The molecule has 0 spiro atoms. The molecule has 0 saturated carbocycles. The summed E-state index contributed by atoms with van der Waals surface area (Å²) in [5.74, 6) is -0.917. The number of carbonyl (C=O) groups excluding carboxylic acids is 1. The van der Waals surface area contributed by atoms with Crippen LogP contribution in [-0.2, 0) is 9.84 Å². The molecule has 3 N–H and O–H groups in total. The number of primary amides is 1. The number of aromatic nitrogens is 1. The smallest absolute Gasteiger partial charge is 0.248 e. The molecule has 0 radical (unpaired) electrons. The number of nitrogens with two attached hydrogens (primary N) is 1. The van der Waals surface area contributed by atoms with Crippen LogP contribution >= 0.6 is 0 Å². The van der Waals surface area contributed by atoms with Crippen molar-refractivity contribution in [3.05, 3.63) is 23.9 Å². The van der Waals surface area contributed by atoms with Crippen molar-refractivity contribution < 1.29 is 18.3 Å². The van der Waals surface area contributed by atoms with Gasteiger partial charge in [0.2, 0.25) is 5.91 Å². The number of hydrogen-bond donors (Lipinski definition) is 2. The zero-order valence-electron chi connectivity index (χ0n) is 8.46. The maximum absolute atomic E-state index is 11.6. The minimum absolute atomic E-state index is 0.0950. The fraction of sp³-hybridized carbons (Fsp3) is 0.333. The number of hydrogen-bond acceptors (Lipinski definition) is 5. The Morgan fingerprint density at radius 2 is 2.19 bits per heavy atom. The Morgan fingerprint density at radius 1 is 1.50 bits per heavy atom. The van der Waals surface area contributed by atoms with Gasteiger partial charge in [0.15, 0.2) is 14.9 Å². The molecule has 1 heterocycles. The molecule has 0 aromatic carbocycles. The number of carbonyl (C=O) groups is 1. The van der Waals surface area contributed by atoms with Crippen molar-refractivity contribution in [2.24, 2.45) is 5.73 Å². The predicted octanol–water partition coefficient (Wildman–Crippen LogP) is -0.663. The minimum Gasteiger partial charge on any atom is -0.396 e. The van der Waals surface area contributed by atoms with Crippen LogP contribution in [0.5, 0.6) is 0 Å². The summed E-state index contributed by atoms with van der Waals surface area (Å²) in [6, 6.07) is 2.47. The van der Waals surface area contributed by atoms with E-state index >= 15 is 0 Å². The van der Waals surface area contributed by atoms with Gasteiger partial charge in [0.05, 0.1) is 5.75 Å². The first kappa shape index (κ1) is 12.6. The van der Waals surface area contributed by atoms with Gasteiger partial charge >= 0.3 is 0 Å². The lowest BCUT2D eigenvalue weighted by molar-refractivity contribution is 0.1000. The van der Waals surface area contributed by atoms with E-state index in [4.69, 9.17) is 10.8 Å². The van der Waals surface area contributed by atoms with Crippen LogP contribution < -0.4 is 5.73 Å². The van der Waals surface area contributed by atoms with Crippen molar-refractivity contribution in [1.29, 1.82) is 0 Å². The van der Waals surface area contributed by atoms with Gasteiger partial charge in [0.25, 0.3) is 0 Å². The molecule has 0 aliphatic rings. The van der Waals surface area contributed by atoms with E-state index < -0.39 is 15.7 Å². The van der Waals surface area contributed by atoms with Crippen molar-refractivity contribution in [1.82, 2.24) is 4.98 Å². The second kappa shape index (κ2) is 5.04. The number of aliphatic hydroxyl groups excluding tert-OH is 1. The Bertz CT molecular complexity index is 484. The monoisotopic (exact) mass is 244 g/mol. The standard InChI is InChI=1S/C9H12N2O4S/c10-9(13)7-2-3-11-8(6-7)16(14,15)5-1-4-12/h2-3,6,12H,1,4-5H2,(H2,10,13). The first-order valence-corrected chi connectivity index (χ1v) is 6.22. The Labute approximate surface area is 93.0 Å². The van der Waals surface area contributed by atoms with E-state index in [-0.39, 0.29) is 29.4 Å². The molecule has 1 aromatic rings. The van der Waals surface area contributed by atoms with Crippen LogP contribution in [0, 0.1) is 0 Å².